The number of furan rings is 1. The number of carbonyl (C=O) groups excluding carboxylic acids is 2. The second-order valence-corrected chi connectivity index (χ2v) is 8.22. The van der Waals surface area contributed by atoms with E-state index in [0.29, 0.717) is 10.3 Å². The van der Waals surface area contributed by atoms with E-state index in [1.54, 1.807) is 47.6 Å². The second kappa shape index (κ2) is 6.96. The SMILES string of the molecule is CC(C)(C)OC(=O)N(C(=O)OC(C)(C)C)c1nccc2c(Cl)c(Cl)oc12. The van der Waals surface area contributed by atoms with Crippen molar-refractivity contribution in [3.63, 3.8) is 0 Å². The lowest BCUT2D eigenvalue weighted by molar-refractivity contribution is 0.0429. The van der Waals surface area contributed by atoms with E-state index in [0.717, 1.165) is 0 Å². The van der Waals surface area contributed by atoms with Crippen molar-refractivity contribution in [1.82, 2.24) is 4.98 Å². The number of carbonyl (C=O) groups is 2. The molecule has 0 fully saturated rings. The van der Waals surface area contributed by atoms with Crippen LogP contribution >= 0.6 is 23.2 Å². The number of halogens is 2. The van der Waals surface area contributed by atoms with Crippen molar-refractivity contribution < 1.29 is 23.5 Å². The number of hydrogen-bond acceptors (Lipinski definition) is 6. The van der Waals surface area contributed by atoms with Gasteiger partial charge >= 0.3 is 12.2 Å². The molecule has 2 amide bonds. The van der Waals surface area contributed by atoms with Gasteiger partial charge in [0.15, 0.2) is 11.4 Å². The Labute approximate surface area is 161 Å². The quantitative estimate of drug-likeness (QED) is 0.598. The Morgan fingerprint density at radius 2 is 1.54 bits per heavy atom. The Hall–Kier alpha value is -1.99. The van der Waals surface area contributed by atoms with E-state index < -0.39 is 23.4 Å². The summed E-state index contributed by atoms with van der Waals surface area (Å²) < 4.78 is 16.0. The molecule has 0 aliphatic carbocycles. The molecule has 0 aliphatic rings. The van der Waals surface area contributed by atoms with Crippen molar-refractivity contribution in [2.24, 2.45) is 0 Å². The zero-order chi connectivity index (χ0) is 19.9. The van der Waals surface area contributed by atoms with Gasteiger partial charge in [0, 0.05) is 11.6 Å². The molecule has 7 nitrogen and oxygen atoms in total. The highest BCUT2D eigenvalue weighted by Crippen LogP contribution is 2.38. The number of anilines is 1. The van der Waals surface area contributed by atoms with Gasteiger partial charge in [0.2, 0.25) is 5.22 Å². The van der Waals surface area contributed by atoms with Crippen molar-refractivity contribution in [3.05, 3.63) is 22.5 Å². The Balaban J connectivity index is 2.59. The van der Waals surface area contributed by atoms with Crippen LogP contribution in [0.2, 0.25) is 10.2 Å². The summed E-state index contributed by atoms with van der Waals surface area (Å²) in [6, 6.07) is 1.55. The summed E-state index contributed by atoms with van der Waals surface area (Å²) in [6.45, 7) is 10.0. The Kier molecular flexibility index (Phi) is 5.44. The molecule has 2 heterocycles. The zero-order valence-electron chi connectivity index (χ0n) is 15.3. The van der Waals surface area contributed by atoms with Gasteiger partial charge in [-0.2, -0.15) is 4.90 Å². The highest BCUT2D eigenvalue weighted by molar-refractivity contribution is 6.44. The predicted molar refractivity (Wildman–Crippen MR) is 99.0 cm³/mol. The lowest BCUT2D eigenvalue weighted by Gasteiger charge is -2.27. The molecule has 2 aromatic heterocycles. The number of aromatic nitrogens is 1. The molecular formula is C17H20Cl2N2O5. The lowest BCUT2D eigenvalue weighted by Crippen LogP contribution is -2.44. The van der Waals surface area contributed by atoms with Gasteiger partial charge in [-0.1, -0.05) is 11.6 Å². The molecule has 9 heteroatoms. The second-order valence-electron chi connectivity index (χ2n) is 7.50. The first kappa shape index (κ1) is 20.3. The number of ether oxygens (including phenoxy) is 2. The van der Waals surface area contributed by atoms with Gasteiger partial charge in [0.05, 0.1) is 0 Å². The van der Waals surface area contributed by atoms with E-state index >= 15 is 0 Å². The van der Waals surface area contributed by atoms with Gasteiger partial charge < -0.3 is 13.9 Å². The van der Waals surface area contributed by atoms with E-state index in [9.17, 15) is 9.59 Å². The molecule has 0 saturated carbocycles. The fourth-order valence-electron chi connectivity index (χ4n) is 1.97. The normalized spacial score (nSPS) is 12.2. The molecule has 0 radical (unpaired) electrons. The molecule has 0 N–H and O–H groups in total. The van der Waals surface area contributed by atoms with Crippen LogP contribution in [0, 0.1) is 0 Å². The third-order valence-corrected chi connectivity index (χ3v) is 3.59. The van der Waals surface area contributed by atoms with Crippen molar-refractivity contribution in [3.8, 4) is 0 Å². The zero-order valence-corrected chi connectivity index (χ0v) is 16.9. The van der Waals surface area contributed by atoms with E-state index in [-0.39, 0.29) is 21.6 Å². The van der Waals surface area contributed by atoms with Crippen LogP contribution in [0.25, 0.3) is 11.0 Å². The Morgan fingerprint density at radius 1 is 1.04 bits per heavy atom. The summed E-state index contributed by atoms with van der Waals surface area (Å²) >= 11 is 12.0. The van der Waals surface area contributed by atoms with Crippen LogP contribution in [-0.2, 0) is 9.47 Å². The molecule has 0 spiro atoms. The fraction of sp³-hybridized carbons (Fsp3) is 0.471. The molecule has 2 aromatic rings. The number of fused-ring (bicyclic) bond motifs is 1. The summed E-state index contributed by atoms with van der Waals surface area (Å²) in [7, 11) is 0. The molecule has 0 unspecified atom stereocenters. The summed E-state index contributed by atoms with van der Waals surface area (Å²) in [4.78, 5) is 30.1. The van der Waals surface area contributed by atoms with Crippen LogP contribution in [0.4, 0.5) is 15.4 Å². The number of pyridine rings is 1. The lowest BCUT2D eigenvalue weighted by atomic mass is 10.2. The van der Waals surface area contributed by atoms with Gasteiger partial charge in [0.1, 0.15) is 16.2 Å². The number of nitrogens with zero attached hydrogens (tertiary/aromatic N) is 2. The first-order chi connectivity index (χ1) is 11.8. The predicted octanol–water partition coefficient (Wildman–Crippen LogP) is 5.81. The standard InChI is InChI=1S/C17H20Cl2N2O5/c1-16(2,3)25-14(22)21(15(23)26-17(4,5)6)13-11-9(7-8-20-13)10(18)12(19)24-11/h7-8H,1-6H3. The smallest absolute Gasteiger partial charge is 0.425 e. The van der Waals surface area contributed by atoms with Gasteiger partial charge in [-0.25, -0.2) is 14.6 Å². The largest absolute Gasteiger partial charge is 0.443 e. The van der Waals surface area contributed by atoms with Crippen LogP contribution in [0.5, 0.6) is 0 Å². The fourth-order valence-corrected chi connectivity index (χ4v) is 2.34. The maximum Gasteiger partial charge on any atom is 0.425 e. The summed E-state index contributed by atoms with van der Waals surface area (Å²) in [6.07, 6.45) is -0.553. The van der Waals surface area contributed by atoms with Crippen molar-refractivity contribution in [1.29, 1.82) is 0 Å². The number of rotatable bonds is 1. The molecule has 0 atom stereocenters. The summed E-state index contributed by atoms with van der Waals surface area (Å²) in [5, 5.41) is 0.474. The molecule has 0 aliphatic heterocycles. The minimum Gasteiger partial charge on any atom is -0.443 e. The van der Waals surface area contributed by atoms with Crippen molar-refractivity contribution >= 4 is 52.2 Å². The van der Waals surface area contributed by atoms with Crippen molar-refractivity contribution in [2.75, 3.05) is 4.90 Å². The Morgan fingerprint density at radius 3 is 2.00 bits per heavy atom. The molecular weight excluding hydrogens is 383 g/mol. The average molecular weight is 403 g/mol. The van der Waals surface area contributed by atoms with E-state index in [2.05, 4.69) is 4.98 Å². The minimum atomic E-state index is -0.963. The summed E-state index contributed by atoms with van der Waals surface area (Å²) in [5.41, 5.74) is -1.62. The van der Waals surface area contributed by atoms with E-state index in [1.165, 1.54) is 6.20 Å². The van der Waals surface area contributed by atoms with Gasteiger partial charge in [-0.05, 0) is 59.2 Å². The van der Waals surface area contributed by atoms with E-state index in [1.807, 2.05) is 0 Å². The Bertz CT molecular complexity index is 821. The maximum absolute atomic E-state index is 12.7. The highest BCUT2D eigenvalue weighted by atomic mass is 35.5. The maximum atomic E-state index is 12.7. The third kappa shape index (κ3) is 4.59. The van der Waals surface area contributed by atoms with Crippen LogP contribution < -0.4 is 4.90 Å². The van der Waals surface area contributed by atoms with Crippen LogP contribution in [0.3, 0.4) is 0 Å². The minimum absolute atomic E-state index is 0.0687. The molecule has 2 rings (SSSR count). The molecule has 142 valence electrons. The van der Waals surface area contributed by atoms with Gasteiger partial charge in [-0.15, -0.1) is 0 Å². The molecule has 0 saturated heterocycles. The first-order valence-corrected chi connectivity index (χ1v) is 8.54. The monoisotopic (exact) mass is 402 g/mol. The average Bonchev–Trinajstić information content (AvgIpc) is 2.72. The number of imide groups is 1. The topological polar surface area (TPSA) is 81.9 Å². The van der Waals surface area contributed by atoms with E-state index in [4.69, 9.17) is 37.1 Å². The van der Waals surface area contributed by atoms with Crippen LogP contribution in [0.1, 0.15) is 41.5 Å². The molecule has 26 heavy (non-hydrogen) atoms. The highest BCUT2D eigenvalue weighted by Gasteiger charge is 2.36. The van der Waals surface area contributed by atoms with Crippen LogP contribution in [-0.4, -0.2) is 28.4 Å². The van der Waals surface area contributed by atoms with Gasteiger partial charge in [-0.3, -0.25) is 0 Å². The summed E-state index contributed by atoms with van der Waals surface area (Å²) in [5.74, 6) is -0.125. The van der Waals surface area contributed by atoms with Gasteiger partial charge in [0.25, 0.3) is 0 Å². The number of amides is 2. The van der Waals surface area contributed by atoms with Crippen LogP contribution in [0.15, 0.2) is 16.7 Å². The third-order valence-electron chi connectivity index (χ3n) is 2.85. The molecule has 0 aromatic carbocycles. The first-order valence-electron chi connectivity index (χ1n) is 7.79. The number of hydrogen-bond donors (Lipinski definition) is 0. The van der Waals surface area contributed by atoms with Crippen molar-refractivity contribution in [2.45, 2.75) is 52.7 Å². The molecule has 0 bridgehead atoms.